The van der Waals surface area contributed by atoms with E-state index in [1.807, 2.05) is 32.0 Å². The van der Waals surface area contributed by atoms with Gasteiger partial charge in [-0.05, 0) is 43.2 Å². The van der Waals surface area contributed by atoms with Crippen LogP contribution in [0.1, 0.15) is 21.5 Å². The molecule has 2 aromatic carbocycles. The lowest BCUT2D eigenvalue weighted by atomic mass is 10.0. The van der Waals surface area contributed by atoms with E-state index < -0.39 is 5.97 Å². The molecule has 0 saturated heterocycles. The minimum Gasteiger partial charge on any atom is -0.493 e. The van der Waals surface area contributed by atoms with Gasteiger partial charge in [0.2, 0.25) is 0 Å². The highest BCUT2D eigenvalue weighted by atomic mass is 16.5. The fourth-order valence-electron chi connectivity index (χ4n) is 2.32. The summed E-state index contributed by atoms with van der Waals surface area (Å²) in [6, 6.07) is 12.6. The first-order valence-electron chi connectivity index (χ1n) is 8.28. The fourth-order valence-corrected chi connectivity index (χ4v) is 2.32. The zero-order valence-corrected chi connectivity index (χ0v) is 15.2. The van der Waals surface area contributed by atoms with Gasteiger partial charge in [-0.2, -0.15) is 0 Å². The molecular formula is C20H23NO5. The first-order valence-corrected chi connectivity index (χ1v) is 8.28. The van der Waals surface area contributed by atoms with E-state index in [-0.39, 0.29) is 25.7 Å². The minimum absolute atomic E-state index is 0.275. The van der Waals surface area contributed by atoms with E-state index in [0.29, 0.717) is 17.1 Å². The molecule has 0 atom stereocenters. The van der Waals surface area contributed by atoms with E-state index in [4.69, 9.17) is 14.2 Å². The molecule has 1 N–H and O–H groups in total. The zero-order valence-electron chi connectivity index (χ0n) is 15.2. The van der Waals surface area contributed by atoms with Crippen LogP contribution < -0.4 is 14.8 Å². The van der Waals surface area contributed by atoms with Crippen LogP contribution in [0.15, 0.2) is 42.5 Å². The highest BCUT2D eigenvalue weighted by Gasteiger charge is 2.13. The van der Waals surface area contributed by atoms with Crippen LogP contribution in [0.3, 0.4) is 0 Å². The summed E-state index contributed by atoms with van der Waals surface area (Å²) in [5.74, 6) is 0.339. The van der Waals surface area contributed by atoms with Gasteiger partial charge in [0.05, 0.1) is 19.2 Å². The van der Waals surface area contributed by atoms with Crippen LogP contribution in [-0.4, -0.2) is 38.7 Å². The molecule has 0 radical (unpaired) electrons. The Morgan fingerprint density at radius 2 is 1.73 bits per heavy atom. The van der Waals surface area contributed by atoms with E-state index in [1.165, 1.54) is 0 Å². The molecule has 1 amide bonds. The number of hydrogen-bond donors (Lipinski definition) is 1. The number of carbonyl (C=O) groups is 2. The van der Waals surface area contributed by atoms with E-state index in [2.05, 4.69) is 5.32 Å². The number of para-hydroxylation sites is 2. The number of esters is 1. The summed E-state index contributed by atoms with van der Waals surface area (Å²) in [5, 5.41) is 2.64. The Bertz CT molecular complexity index is 773. The van der Waals surface area contributed by atoms with Gasteiger partial charge in [0.25, 0.3) is 5.91 Å². The first-order chi connectivity index (χ1) is 12.5. The number of amides is 1. The fraction of sp³-hybridized carbons (Fsp3) is 0.300. The molecule has 2 rings (SSSR count). The maximum Gasteiger partial charge on any atom is 0.338 e. The molecule has 0 aliphatic rings. The molecule has 0 heterocycles. The molecular weight excluding hydrogens is 334 g/mol. The molecule has 6 heteroatoms. The summed E-state index contributed by atoms with van der Waals surface area (Å²) < 4.78 is 15.8. The van der Waals surface area contributed by atoms with Crippen LogP contribution in [0.2, 0.25) is 0 Å². The lowest BCUT2D eigenvalue weighted by Gasteiger charge is -2.11. The molecule has 6 nitrogen and oxygen atoms in total. The van der Waals surface area contributed by atoms with Crippen LogP contribution >= 0.6 is 0 Å². The van der Waals surface area contributed by atoms with Gasteiger partial charge >= 0.3 is 5.97 Å². The van der Waals surface area contributed by atoms with Crippen molar-refractivity contribution in [3.8, 4) is 11.5 Å². The molecule has 0 fully saturated rings. The van der Waals surface area contributed by atoms with Crippen molar-refractivity contribution in [2.75, 3.05) is 26.9 Å². The molecule has 0 unspecified atom stereocenters. The third-order valence-electron chi connectivity index (χ3n) is 3.91. The molecule has 0 bridgehead atoms. The number of hydrogen-bond acceptors (Lipinski definition) is 5. The average Bonchev–Trinajstić information content (AvgIpc) is 2.65. The van der Waals surface area contributed by atoms with Gasteiger partial charge in [-0.1, -0.05) is 24.3 Å². The Labute approximate surface area is 153 Å². The van der Waals surface area contributed by atoms with Crippen LogP contribution in [0.25, 0.3) is 0 Å². The van der Waals surface area contributed by atoms with E-state index in [0.717, 1.165) is 11.1 Å². The molecule has 0 aliphatic heterocycles. The van der Waals surface area contributed by atoms with Crippen LogP contribution in [-0.2, 0) is 9.53 Å². The van der Waals surface area contributed by atoms with Crippen molar-refractivity contribution >= 4 is 11.9 Å². The molecule has 138 valence electrons. The monoisotopic (exact) mass is 357 g/mol. The molecule has 0 spiro atoms. The lowest BCUT2D eigenvalue weighted by Crippen LogP contribution is -2.32. The number of benzene rings is 2. The van der Waals surface area contributed by atoms with Crippen molar-refractivity contribution in [2.24, 2.45) is 0 Å². The van der Waals surface area contributed by atoms with Gasteiger partial charge < -0.3 is 19.5 Å². The van der Waals surface area contributed by atoms with E-state index in [9.17, 15) is 9.59 Å². The predicted molar refractivity (Wildman–Crippen MR) is 97.7 cm³/mol. The van der Waals surface area contributed by atoms with Gasteiger partial charge in [-0.3, -0.25) is 4.79 Å². The van der Waals surface area contributed by atoms with Gasteiger partial charge in [0.15, 0.2) is 18.1 Å². The van der Waals surface area contributed by atoms with E-state index >= 15 is 0 Å². The summed E-state index contributed by atoms with van der Waals surface area (Å²) in [5.41, 5.74) is 2.32. The number of nitrogens with one attached hydrogen (secondary N) is 1. The Balaban J connectivity index is 1.72. The van der Waals surface area contributed by atoms with Crippen molar-refractivity contribution in [1.82, 2.24) is 5.32 Å². The topological polar surface area (TPSA) is 73.9 Å². The summed E-state index contributed by atoms with van der Waals surface area (Å²) in [4.78, 5) is 23.9. The second-order valence-corrected chi connectivity index (χ2v) is 5.67. The second kappa shape index (κ2) is 9.46. The number of rotatable bonds is 8. The normalized spacial score (nSPS) is 10.1. The molecule has 26 heavy (non-hydrogen) atoms. The summed E-state index contributed by atoms with van der Waals surface area (Å²) >= 11 is 0. The number of ether oxygens (including phenoxy) is 3. The van der Waals surface area contributed by atoms with Crippen LogP contribution in [0.5, 0.6) is 11.5 Å². The largest absolute Gasteiger partial charge is 0.493 e. The van der Waals surface area contributed by atoms with Crippen LogP contribution in [0.4, 0.5) is 0 Å². The van der Waals surface area contributed by atoms with Gasteiger partial charge in [0, 0.05) is 0 Å². The summed E-state index contributed by atoms with van der Waals surface area (Å²) in [6.45, 7) is 4.00. The van der Waals surface area contributed by atoms with Crippen molar-refractivity contribution in [3.63, 3.8) is 0 Å². The Morgan fingerprint density at radius 3 is 2.46 bits per heavy atom. The summed E-state index contributed by atoms with van der Waals surface area (Å²) in [7, 11) is 1.56. The van der Waals surface area contributed by atoms with Gasteiger partial charge in [0.1, 0.15) is 6.61 Å². The smallest absolute Gasteiger partial charge is 0.338 e. The number of methoxy groups -OCH3 is 1. The second-order valence-electron chi connectivity index (χ2n) is 5.67. The SMILES string of the molecule is COc1ccccc1OCCNC(=O)COC(=O)c1cccc(C)c1C. The summed E-state index contributed by atoms with van der Waals surface area (Å²) in [6.07, 6.45) is 0. The van der Waals surface area contributed by atoms with E-state index in [1.54, 1.807) is 31.4 Å². The van der Waals surface area contributed by atoms with Crippen LogP contribution in [0, 0.1) is 13.8 Å². The number of carbonyl (C=O) groups excluding carboxylic acids is 2. The van der Waals surface area contributed by atoms with Crippen molar-refractivity contribution in [1.29, 1.82) is 0 Å². The maximum atomic E-state index is 12.1. The molecule has 0 saturated carbocycles. The highest BCUT2D eigenvalue weighted by Crippen LogP contribution is 2.25. The van der Waals surface area contributed by atoms with Gasteiger partial charge in [-0.15, -0.1) is 0 Å². The minimum atomic E-state index is -0.508. The average molecular weight is 357 g/mol. The molecule has 0 aromatic heterocycles. The molecule has 2 aromatic rings. The zero-order chi connectivity index (χ0) is 18.9. The lowest BCUT2D eigenvalue weighted by molar-refractivity contribution is -0.124. The Morgan fingerprint density at radius 1 is 1.00 bits per heavy atom. The third-order valence-corrected chi connectivity index (χ3v) is 3.91. The Hall–Kier alpha value is -3.02. The van der Waals surface area contributed by atoms with Crippen molar-refractivity contribution < 1.29 is 23.8 Å². The Kier molecular flexibility index (Phi) is 7.02. The predicted octanol–water partition coefficient (Wildman–Crippen LogP) is 2.66. The maximum absolute atomic E-state index is 12.1. The van der Waals surface area contributed by atoms with Crippen molar-refractivity contribution in [3.05, 3.63) is 59.2 Å². The third kappa shape index (κ3) is 5.24. The highest BCUT2D eigenvalue weighted by molar-refractivity contribution is 5.93. The standard InChI is InChI=1S/C20H23NO5/c1-14-7-6-8-16(15(14)2)20(23)26-13-19(22)21-11-12-25-18-10-5-4-9-17(18)24-3/h4-10H,11-13H2,1-3H3,(H,21,22). The first kappa shape index (κ1) is 19.3. The number of aryl methyl sites for hydroxylation is 1. The molecule has 0 aliphatic carbocycles. The van der Waals surface area contributed by atoms with Crippen molar-refractivity contribution in [2.45, 2.75) is 13.8 Å². The van der Waals surface area contributed by atoms with Gasteiger partial charge in [-0.25, -0.2) is 4.79 Å². The quantitative estimate of drug-likeness (QED) is 0.581.